The molecule has 0 radical (unpaired) electrons. The zero-order valence-corrected chi connectivity index (χ0v) is 38.9. The molecule has 2 heteroatoms. The average Bonchev–Trinajstić information content (AvgIpc) is 3.91. The molecular weight excluding hydrogens is 845 g/mol. The highest BCUT2D eigenvalue weighted by molar-refractivity contribution is 6.16. The van der Waals surface area contributed by atoms with Gasteiger partial charge in [-0.15, -0.1) is 0 Å². The zero-order valence-electron chi connectivity index (χ0n) is 38.9. The molecule has 0 saturated heterocycles. The SMILES string of the molecule is CC1(c2cccc(-c3ccccc3)c2)c2ccccc2-c2c1ccc1c3ccc(N(c4ccc(-c5ccccc5)cc4)c4ccc(-c5ccccc5)c(-c5ccccc5)c4)cc3n(-c3ccccc3)c21. The van der Waals surface area contributed by atoms with E-state index >= 15 is 0 Å². The van der Waals surface area contributed by atoms with E-state index in [2.05, 4.69) is 289 Å². The van der Waals surface area contributed by atoms with E-state index in [0.29, 0.717) is 0 Å². The van der Waals surface area contributed by atoms with Crippen LogP contribution in [0.3, 0.4) is 0 Å². The molecule has 0 aliphatic heterocycles. The number of fused-ring (bicyclic) bond motifs is 7. The molecule has 1 aromatic heterocycles. The van der Waals surface area contributed by atoms with Crippen LogP contribution in [0.25, 0.3) is 83.1 Å². The highest BCUT2D eigenvalue weighted by Crippen LogP contribution is 2.56. The quantitative estimate of drug-likeness (QED) is 0.140. The lowest BCUT2D eigenvalue weighted by molar-refractivity contribution is 0.714. The van der Waals surface area contributed by atoms with Gasteiger partial charge in [0.2, 0.25) is 0 Å². The van der Waals surface area contributed by atoms with E-state index in [0.717, 1.165) is 28.3 Å². The first kappa shape index (κ1) is 41.2. The number of anilines is 3. The molecule has 2 nitrogen and oxygen atoms in total. The zero-order chi connectivity index (χ0) is 46.6. The normalized spacial score (nSPS) is 13.8. The predicted molar refractivity (Wildman–Crippen MR) is 295 cm³/mol. The summed E-state index contributed by atoms with van der Waals surface area (Å²) >= 11 is 0. The third-order valence-electron chi connectivity index (χ3n) is 14.7. The third kappa shape index (κ3) is 6.79. The lowest BCUT2D eigenvalue weighted by Gasteiger charge is -2.29. The van der Waals surface area contributed by atoms with Gasteiger partial charge in [-0.2, -0.15) is 0 Å². The van der Waals surface area contributed by atoms with Crippen LogP contribution in [-0.4, -0.2) is 4.57 Å². The molecule has 0 amide bonds. The molecule has 1 atom stereocenters. The van der Waals surface area contributed by atoms with E-state index < -0.39 is 0 Å². The highest BCUT2D eigenvalue weighted by atomic mass is 15.1. The van der Waals surface area contributed by atoms with E-state index in [-0.39, 0.29) is 5.41 Å². The van der Waals surface area contributed by atoms with Crippen molar-refractivity contribution in [2.75, 3.05) is 4.90 Å². The van der Waals surface area contributed by atoms with E-state index in [1.807, 2.05) is 0 Å². The molecule has 1 heterocycles. The van der Waals surface area contributed by atoms with Gasteiger partial charge in [-0.05, 0) is 128 Å². The molecule has 11 aromatic carbocycles. The van der Waals surface area contributed by atoms with Gasteiger partial charge in [-0.25, -0.2) is 0 Å². The predicted octanol–water partition coefficient (Wildman–Crippen LogP) is 18.3. The van der Waals surface area contributed by atoms with Crippen molar-refractivity contribution in [3.8, 4) is 61.3 Å². The summed E-state index contributed by atoms with van der Waals surface area (Å²) in [6.07, 6.45) is 0. The fraction of sp³-hybridized carbons (Fsp3) is 0.0294. The second kappa shape index (κ2) is 17.0. The van der Waals surface area contributed by atoms with Crippen LogP contribution in [0.5, 0.6) is 0 Å². The standard InChI is InChI=1S/C68H48N2/c1-68(53-29-19-28-52(44-53)48-22-9-3-10-23-48)63-33-18-17-32-61(63)66-64(68)43-42-60-59-41-39-57(46-65(59)70(67(60)66)54-30-15-6-16-31-54)69(55-36-34-49(35-37-55)47-20-7-2-8-21-47)56-38-40-58(50-24-11-4-12-25-50)62(45-56)51-26-13-5-14-27-51/h2-46H,1H3. The van der Waals surface area contributed by atoms with Crippen LogP contribution in [0.2, 0.25) is 0 Å². The fourth-order valence-electron chi connectivity index (χ4n) is 11.3. The van der Waals surface area contributed by atoms with Gasteiger partial charge in [0.25, 0.3) is 0 Å². The molecule has 0 spiro atoms. The molecule has 1 aliphatic carbocycles. The minimum Gasteiger partial charge on any atom is -0.310 e. The molecule has 0 saturated carbocycles. The van der Waals surface area contributed by atoms with Crippen molar-refractivity contribution in [2.45, 2.75) is 12.3 Å². The Morgan fingerprint density at radius 1 is 0.329 bits per heavy atom. The van der Waals surface area contributed by atoms with Crippen LogP contribution in [0.1, 0.15) is 23.6 Å². The molecular formula is C68H48N2. The molecule has 0 fully saturated rings. The summed E-state index contributed by atoms with van der Waals surface area (Å²) in [6, 6.07) is 100. The van der Waals surface area contributed by atoms with Crippen molar-refractivity contribution in [1.82, 2.24) is 4.57 Å². The number of benzene rings is 11. The van der Waals surface area contributed by atoms with Crippen molar-refractivity contribution >= 4 is 38.9 Å². The summed E-state index contributed by atoms with van der Waals surface area (Å²) in [7, 11) is 0. The van der Waals surface area contributed by atoms with Crippen LogP contribution >= 0.6 is 0 Å². The second-order valence-electron chi connectivity index (χ2n) is 18.6. The van der Waals surface area contributed by atoms with Crippen molar-refractivity contribution in [2.24, 2.45) is 0 Å². The number of aromatic nitrogens is 1. The Bertz CT molecular complexity index is 3860. The largest absolute Gasteiger partial charge is 0.310 e. The Balaban J connectivity index is 1.05. The maximum absolute atomic E-state index is 2.53. The lowest BCUT2D eigenvalue weighted by atomic mass is 9.73. The monoisotopic (exact) mass is 892 g/mol. The maximum Gasteiger partial charge on any atom is 0.0622 e. The van der Waals surface area contributed by atoms with Crippen LogP contribution < -0.4 is 4.90 Å². The first-order valence-corrected chi connectivity index (χ1v) is 24.3. The molecule has 330 valence electrons. The van der Waals surface area contributed by atoms with Gasteiger partial charge in [0.05, 0.1) is 11.0 Å². The molecule has 0 bridgehead atoms. The topological polar surface area (TPSA) is 8.17 Å². The molecule has 13 rings (SSSR count). The van der Waals surface area contributed by atoms with Crippen LogP contribution in [-0.2, 0) is 5.41 Å². The molecule has 0 N–H and O–H groups in total. The number of rotatable bonds is 9. The fourth-order valence-corrected chi connectivity index (χ4v) is 11.3. The van der Waals surface area contributed by atoms with Crippen molar-refractivity contribution < 1.29 is 0 Å². The first-order chi connectivity index (χ1) is 34.6. The van der Waals surface area contributed by atoms with Gasteiger partial charge in [0.15, 0.2) is 0 Å². The molecule has 12 aromatic rings. The first-order valence-electron chi connectivity index (χ1n) is 24.3. The minimum absolute atomic E-state index is 0.390. The summed E-state index contributed by atoms with van der Waals surface area (Å²) in [6.45, 7) is 2.43. The number of nitrogens with zero attached hydrogens (tertiary/aromatic N) is 2. The number of hydrogen-bond acceptors (Lipinski definition) is 1. The van der Waals surface area contributed by atoms with E-state index in [1.165, 1.54) is 88.6 Å². The van der Waals surface area contributed by atoms with Crippen LogP contribution in [0.15, 0.2) is 273 Å². The van der Waals surface area contributed by atoms with Gasteiger partial charge in [-0.1, -0.05) is 218 Å². The van der Waals surface area contributed by atoms with Crippen LogP contribution in [0.4, 0.5) is 17.1 Å². The van der Waals surface area contributed by atoms with Crippen molar-refractivity contribution in [1.29, 1.82) is 0 Å². The van der Waals surface area contributed by atoms with Gasteiger partial charge < -0.3 is 9.47 Å². The van der Waals surface area contributed by atoms with Crippen molar-refractivity contribution in [3.05, 3.63) is 290 Å². The summed E-state index contributed by atoms with van der Waals surface area (Å²) in [5, 5.41) is 2.45. The second-order valence-corrected chi connectivity index (χ2v) is 18.6. The van der Waals surface area contributed by atoms with E-state index in [9.17, 15) is 0 Å². The smallest absolute Gasteiger partial charge is 0.0622 e. The lowest BCUT2D eigenvalue weighted by Crippen LogP contribution is -2.22. The number of para-hydroxylation sites is 1. The van der Waals surface area contributed by atoms with Gasteiger partial charge in [0, 0.05) is 44.5 Å². The Hall–Kier alpha value is -8.98. The Morgan fingerprint density at radius 3 is 1.53 bits per heavy atom. The highest BCUT2D eigenvalue weighted by Gasteiger charge is 2.42. The molecule has 1 aliphatic rings. The van der Waals surface area contributed by atoms with Crippen molar-refractivity contribution in [3.63, 3.8) is 0 Å². The Labute approximate surface area is 409 Å². The third-order valence-corrected chi connectivity index (χ3v) is 14.7. The van der Waals surface area contributed by atoms with Gasteiger partial charge >= 0.3 is 0 Å². The van der Waals surface area contributed by atoms with E-state index in [1.54, 1.807) is 0 Å². The summed E-state index contributed by atoms with van der Waals surface area (Å²) in [4.78, 5) is 2.43. The molecule has 1 unspecified atom stereocenters. The number of hydrogen-bond donors (Lipinski definition) is 0. The Morgan fingerprint density at radius 2 is 0.843 bits per heavy atom. The Kier molecular flexibility index (Phi) is 9.99. The maximum atomic E-state index is 2.53. The summed E-state index contributed by atoms with van der Waals surface area (Å²) < 4.78 is 2.53. The van der Waals surface area contributed by atoms with Gasteiger partial charge in [0.1, 0.15) is 0 Å². The minimum atomic E-state index is -0.390. The van der Waals surface area contributed by atoms with E-state index in [4.69, 9.17) is 0 Å². The summed E-state index contributed by atoms with van der Waals surface area (Å²) in [5.74, 6) is 0. The van der Waals surface area contributed by atoms with Gasteiger partial charge in [-0.3, -0.25) is 0 Å². The molecule has 70 heavy (non-hydrogen) atoms. The average molecular weight is 893 g/mol. The van der Waals surface area contributed by atoms with Crippen LogP contribution in [0, 0.1) is 0 Å². The summed E-state index contributed by atoms with van der Waals surface area (Å²) in [5.41, 5.74) is 22.4.